The maximum Gasteiger partial charge on any atom is 0.0543 e. The number of aromatic nitrogens is 1. The Morgan fingerprint density at radius 3 is 2.89 bits per heavy atom. The maximum atomic E-state index is 6.29. The third-order valence-corrected chi connectivity index (χ3v) is 4.11. The third-order valence-electron chi connectivity index (χ3n) is 4.11. The fourth-order valence-electron chi connectivity index (χ4n) is 2.92. The summed E-state index contributed by atoms with van der Waals surface area (Å²) in [6, 6.07) is 6.85. The highest BCUT2D eigenvalue weighted by Gasteiger charge is 2.35. The normalized spacial score (nSPS) is 27.4. The van der Waals surface area contributed by atoms with E-state index in [4.69, 9.17) is 5.73 Å². The van der Waals surface area contributed by atoms with Crippen molar-refractivity contribution >= 4 is 0 Å². The van der Waals surface area contributed by atoms with E-state index in [1.807, 2.05) is 18.3 Å². The minimum absolute atomic E-state index is 0.298. The van der Waals surface area contributed by atoms with Crippen molar-refractivity contribution in [2.45, 2.75) is 51.7 Å². The van der Waals surface area contributed by atoms with Crippen molar-refractivity contribution in [3.8, 4) is 0 Å². The van der Waals surface area contributed by atoms with E-state index in [-0.39, 0.29) is 0 Å². The molecule has 1 aromatic heterocycles. The Balaban J connectivity index is 2.01. The number of nitrogens with two attached hydrogens (primary N) is 1. The Morgan fingerprint density at radius 2 is 2.22 bits per heavy atom. The lowest BCUT2D eigenvalue weighted by atomic mass is 9.72. The van der Waals surface area contributed by atoms with E-state index >= 15 is 0 Å². The number of hydrogen-bond acceptors (Lipinski definition) is 3. The van der Waals surface area contributed by atoms with Crippen LogP contribution < -0.4 is 5.73 Å². The van der Waals surface area contributed by atoms with Crippen molar-refractivity contribution in [3.05, 3.63) is 30.1 Å². The van der Waals surface area contributed by atoms with Crippen molar-refractivity contribution < 1.29 is 0 Å². The lowest BCUT2D eigenvalue weighted by Gasteiger charge is -2.43. The van der Waals surface area contributed by atoms with Crippen molar-refractivity contribution in [1.82, 2.24) is 9.88 Å². The second-order valence-corrected chi connectivity index (χ2v) is 6.37. The lowest BCUT2D eigenvalue weighted by Crippen LogP contribution is -2.51. The second-order valence-electron chi connectivity index (χ2n) is 6.37. The van der Waals surface area contributed by atoms with E-state index in [0.717, 1.165) is 18.7 Å². The molecular weight excluding hydrogens is 222 g/mol. The highest BCUT2D eigenvalue weighted by Crippen LogP contribution is 2.36. The predicted molar refractivity (Wildman–Crippen MR) is 75.1 cm³/mol. The van der Waals surface area contributed by atoms with Gasteiger partial charge in [0.1, 0.15) is 0 Å². The average Bonchev–Trinajstić information content (AvgIpc) is 2.33. The van der Waals surface area contributed by atoms with Crippen LogP contribution in [0.25, 0.3) is 0 Å². The van der Waals surface area contributed by atoms with Gasteiger partial charge in [0, 0.05) is 24.8 Å². The molecule has 18 heavy (non-hydrogen) atoms. The summed E-state index contributed by atoms with van der Waals surface area (Å²) in [5, 5.41) is 0. The molecule has 2 atom stereocenters. The molecule has 0 amide bonds. The zero-order valence-electron chi connectivity index (χ0n) is 11.8. The number of likely N-dealkylation sites (N-methyl/N-ethyl adjacent to an activating group) is 1. The van der Waals surface area contributed by atoms with Gasteiger partial charge in [-0.3, -0.25) is 9.88 Å². The first-order chi connectivity index (χ1) is 8.48. The highest BCUT2D eigenvalue weighted by atomic mass is 15.2. The lowest BCUT2D eigenvalue weighted by molar-refractivity contribution is 0.0909. The first-order valence-corrected chi connectivity index (χ1v) is 6.84. The van der Waals surface area contributed by atoms with Crippen LogP contribution in [0.3, 0.4) is 0 Å². The molecule has 0 radical (unpaired) electrons. The van der Waals surface area contributed by atoms with Crippen LogP contribution in [0.15, 0.2) is 24.4 Å². The molecule has 2 unspecified atom stereocenters. The summed E-state index contributed by atoms with van der Waals surface area (Å²) in [5.41, 5.74) is 7.83. The predicted octanol–water partition coefficient (Wildman–Crippen LogP) is 2.42. The molecule has 0 bridgehead atoms. The molecule has 1 aromatic rings. The zero-order chi connectivity index (χ0) is 13.2. The summed E-state index contributed by atoms with van der Waals surface area (Å²) in [5.74, 6) is 0. The molecule has 0 spiro atoms. The van der Waals surface area contributed by atoms with Gasteiger partial charge in [-0.2, -0.15) is 0 Å². The first kappa shape index (κ1) is 13.5. The van der Waals surface area contributed by atoms with Crippen molar-refractivity contribution in [1.29, 1.82) is 0 Å². The van der Waals surface area contributed by atoms with Crippen LogP contribution in [-0.2, 0) is 6.54 Å². The molecule has 3 nitrogen and oxygen atoms in total. The molecule has 2 N–H and O–H groups in total. The van der Waals surface area contributed by atoms with Crippen molar-refractivity contribution in [2.24, 2.45) is 11.1 Å². The number of hydrogen-bond donors (Lipinski definition) is 1. The fourth-order valence-corrected chi connectivity index (χ4v) is 2.92. The quantitative estimate of drug-likeness (QED) is 0.892. The Kier molecular flexibility index (Phi) is 4.03. The van der Waals surface area contributed by atoms with E-state index in [2.05, 4.69) is 36.8 Å². The maximum absolute atomic E-state index is 6.29. The van der Waals surface area contributed by atoms with Crippen LogP contribution in [0, 0.1) is 5.41 Å². The van der Waals surface area contributed by atoms with Gasteiger partial charge < -0.3 is 5.73 Å². The van der Waals surface area contributed by atoms with Gasteiger partial charge in [-0.25, -0.2) is 0 Å². The van der Waals surface area contributed by atoms with Gasteiger partial charge in [-0.05, 0) is 43.9 Å². The van der Waals surface area contributed by atoms with Gasteiger partial charge in [0.25, 0.3) is 0 Å². The van der Waals surface area contributed by atoms with Crippen LogP contribution in [0.1, 0.15) is 38.8 Å². The van der Waals surface area contributed by atoms with Crippen LogP contribution in [0.4, 0.5) is 0 Å². The van der Waals surface area contributed by atoms with E-state index in [9.17, 15) is 0 Å². The van der Waals surface area contributed by atoms with Crippen molar-refractivity contribution in [3.63, 3.8) is 0 Å². The molecule has 0 aliphatic heterocycles. The molecular formula is C15H25N3. The molecule has 1 aliphatic rings. The summed E-state index contributed by atoms with van der Waals surface area (Å²) in [7, 11) is 2.17. The topological polar surface area (TPSA) is 42.2 Å². The van der Waals surface area contributed by atoms with Gasteiger partial charge >= 0.3 is 0 Å². The summed E-state index contributed by atoms with van der Waals surface area (Å²) in [6.45, 7) is 5.58. The molecule has 1 aliphatic carbocycles. The van der Waals surface area contributed by atoms with Crippen LogP contribution >= 0.6 is 0 Å². The summed E-state index contributed by atoms with van der Waals surface area (Å²) >= 11 is 0. The average molecular weight is 247 g/mol. The minimum Gasteiger partial charge on any atom is -0.326 e. The standard InChI is InChI=1S/C15H25N3/c1-15(2)8-7-13(16)14(10-15)18(3)11-12-6-4-5-9-17-12/h4-6,9,13-14H,7-8,10-11,16H2,1-3H3. The monoisotopic (exact) mass is 247 g/mol. The van der Waals surface area contributed by atoms with Gasteiger partial charge in [0.15, 0.2) is 0 Å². The molecule has 1 saturated carbocycles. The van der Waals surface area contributed by atoms with Gasteiger partial charge in [0.2, 0.25) is 0 Å². The first-order valence-electron chi connectivity index (χ1n) is 6.84. The van der Waals surface area contributed by atoms with Crippen molar-refractivity contribution in [2.75, 3.05) is 7.05 Å². The summed E-state index contributed by atoms with van der Waals surface area (Å²) in [4.78, 5) is 6.76. The zero-order valence-corrected chi connectivity index (χ0v) is 11.8. The highest BCUT2D eigenvalue weighted by molar-refractivity contribution is 5.04. The van der Waals surface area contributed by atoms with E-state index in [0.29, 0.717) is 17.5 Å². The number of rotatable bonds is 3. The summed E-state index contributed by atoms with van der Waals surface area (Å²) in [6.07, 6.45) is 5.40. The van der Waals surface area contributed by atoms with Gasteiger partial charge in [-0.15, -0.1) is 0 Å². The third kappa shape index (κ3) is 3.30. The Labute approximate surface area is 110 Å². The van der Waals surface area contributed by atoms with Crippen LogP contribution in [0.5, 0.6) is 0 Å². The largest absolute Gasteiger partial charge is 0.326 e. The van der Waals surface area contributed by atoms with Gasteiger partial charge in [-0.1, -0.05) is 19.9 Å². The molecule has 0 aromatic carbocycles. The molecule has 0 saturated heterocycles. The Hall–Kier alpha value is -0.930. The second kappa shape index (κ2) is 5.37. The molecule has 3 heteroatoms. The smallest absolute Gasteiger partial charge is 0.0543 e. The Bertz CT molecular complexity index is 375. The van der Waals surface area contributed by atoms with E-state index < -0.39 is 0 Å². The van der Waals surface area contributed by atoms with Crippen LogP contribution in [-0.4, -0.2) is 29.0 Å². The fraction of sp³-hybridized carbons (Fsp3) is 0.667. The van der Waals surface area contributed by atoms with E-state index in [1.165, 1.54) is 12.8 Å². The Morgan fingerprint density at radius 1 is 1.44 bits per heavy atom. The SMILES string of the molecule is CN(Cc1ccccn1)C1CC(C)(C)CCC1N. The van der Waals surface area contributed by atoms with E-state index in [1.54, 1.807) is 0 Å². The van der Waals surface area contributed by atoms with Gasteiger partial charge in [0.05, 0.1) is 5.69 Å². The molecule has 100 valence electrons. The number of nitrogens with zero attached hydrogens (tertiary/aromatic N) is 2. The molecule has 1 heterocycles. The minimum atomic E-state index is 0.298. The molecule has 1 fully saturated rings. The van der Waals surface area contributed by atoms with Crippen LogP contribution in [0.2, 0.25) is 0 Å². The number of pyridine rings is 1. The molecule has 2 rings (SSSR count). The summed E-state index contributed by atoms with van der Waals surface area (Å²) < 4.78 is 0.